The molecule has 0 spiro atoms. The summed E-state index contributed by atoms with van der Waals surface area (Å²) in [7, 11) is 0. The zero-order chi connectivity index (χ0) is 8.27. The summed E-state index contributed by atoms with van der Waals surface area (Å²) >= 11 is 0. The highest BCUT2D eigenvalue weighted by atomic mass is 16.6. The second-order valence-electron chi connectivity index (χ2n) is 2.28. The van der Waals surface area contributed by atoms with Crippen LogP contribution in [0.2, 0.25) is 0 Å². The lowest BCUT2D eigenvalue weighted by Crippen LogP contribution is -2.36. The highest BCUT2D eigenvalue weighted by molar-refractivity contribution is 5.70. The molecule has 0 saturated carbocycles. The number of carbonyl (C=O) groups excluding carboxylic acids is 1. The number of cyclic esters (lactones) is 1. The van der Waals surface area contributed by atoms with Gasteiger partial charge in [0.25, 0.3) is 0 Å². The molecule has 1 fully saturated rings. The SMILES string of the molecule is C#CCN1CCC(=C)OC1=O. The molecule has 0 bridgehead atoms. The molecule has 0 aromatic rings. The third-order valence-electron chi connectivity index (χ3n) is 1.43. The van der Waals surface area contributed by atoms with Gasteiger partial charge in [0, 0.05) is 13.0 Å². The molecule has 0 radical (unpaired) electrons. The first-order chi connectivity index (χ1) is 5.24. The lowest BCUT2D eigenvalue weighted by molar-refractivity contribution is 0.111. The first-order valence-electron chi connectivity index (χ1n) is 3.32. The number of hydrogen-bond acceptors (Lipinski definition) is 2. The van der Waals surface area contributed by atoms with Crippen LogP contribution in [0.3, 0.4) is 0 Å². The van der Waals surface area contributed by atoms with Gasteiger partial charge in [0.15, 0.2) is 0 Å². The highest BCUT2D eigenvalue weighted by Gasteiger charge is 2.20. The standard InChI is InChI=1S/C8H9NO2/c1-3-5-9-6-4-7(2)11-8(9)10/h1H,2,4-6H2. The lowest BCUT2D eigenvalue weighted by Gasteiger charge is -2.25. The Morgan fingerprint density at radius 1 is 1.82 bits per heavy atom. The van der Waals surface area contributed by atoms with Crippen LogP contribution in [0.25, 0.3) is 0 Å². The maximum atomic E-state index is 10.9. The van der Waals surface area contributed by atoms with Gasteiger partial charge in [-0.3, -0.25) is 4.90 Å². The van der Waals surface area contributed by atoms with E-state index in [-0.39, 0.29) is 6.09 Å². The van der Waals surface area contributed by atoms with Gasteiger partial charge < -0.3 is 4.74 Å². The molecule has 0 aromatic heterocycles. The van der Waals surface area contributed by atoms with Crippen LogP contribution < -0.4 is 0 Å². The number of ether oxygens (including phenoxy) is 1. The van der Waals surface area contributed by atoms with E-state index in [0.717, 1.165) is 0 Å². The summed E-state index contributed by atoms with van der Waals surface area (Å²) in [5, 5.41) is 0. The van der Waals surface area contributed by atoms with Crippen molar-refractivity contribution in [2.45, 2.75) is 6.42 Å². The van der Waals surface area contributed by atoms with Crippen molar-refractivity contribution in [2.24, 2.45) is 0 Å². The van der Waals surface area contributed by atoms with Crippen molar-refractivity contribution in [3.05, 3.63) is 12.3 Å². The van der Waals surface area contributed by atoms with Gasteiger partial charge >= 0.3 is 6.09 Å². The Balaban J connectivity index is 2.52. The highest BCUT2D eigenvalue weighted by Crippen LogP contribution is 2.11. The Morgan fingerprint density at radius 2 is 2.55 bits per heavy atom. The minimum absolute atomic E-state index is 0.312. The average Bonchev–Trinajstić information content (AvgIpc) is 1.95. The summed E-state index contributed by atoms with van der Waals surface area (Å²) < 4.78 is 4.75. The van der Waals surface area contributed by atoms with E-state index in [4.69, 9.17) is 11.2 Å². The monoisotopic (exact) mass is 151 g/mol. The smallest absolute Gasteiger partial charge is 0.415 e. The Bertz CT molecular complexity index is 227. The van der Waals surface area contributed by atoms with Crippen LogP contribution in [0.15, 0.2) is 12.3 Å². The van der Waals surface area contributed by atoms with E-state index in [1.54, 1.807) is 0 Å². The molecule has 1 heterocycles. The maximum absolute atomic E-state index is 10.9. The van der Waals surface area contributed by atoms with Crippen LogP contribution in [0.4, 0.5) is 4.79 Å². The first-order valence-corrected chi connectivity index (χ1v) is 3.32. The van der Waals surface area contributed by atoms with E-state index >= 15 is 0 Å². The van der Waals surface area contributed by atoms with Crippen molar-refractivity contribution in [1.82, 2.24) is 4.90 Å². The fourth-order valence-electron chi connectivity index (χ4n) is 0.844. The third kappa shape index (κ3) is 1.74. The quantitative estimate of drug-likeness (QED) is 0.523. The number of rotatable bonds is 1. The van der Waals surface area contributed by atoms with Crippen LogP contribution in [-0.2, 0) is 4.74 Å². The molecule has 1 aliphatic heterocycles. The second kappa shape index (κ2) is 3.11. The zero-order valence-electron chi connectivity index (χ0n) is 6.17. The molecule has 0 unspecified atom stereocenters. The molecule has 1 aliphatic rings. The van der Waals surface area contributed by atoms with Crippen LogP contribution in [0.5, 0.6) is 0 Å². The molecule has 1 amide bonds. The predicted molar refractivity (Wildman–Crippen MR) is 40.6 cm³/mol. The van der Waals surface area contributed by atoms with Crippen LogP contribution >= 0.6 is 0 Å². The molecule has 58 valence electrons. The number of carbonyl (C=O) groups is 1. The summed E-state index contributed by atoms with van der Waals surface area (Å²) in [5.74, 6) is 2.90. The van der Waals surface area contributed by atoms with E-state index in [2.05, 4.69) is 12.5 Å². The maximum Gasteiger partial charge on any atom is 0.415 e. The molecular formula is C8H9NO2. The normalized spacial score (nSPS) is 17.5. The van der Waals surface area contributed by atoms with E-state index in [1.165, 1.54) is 4.90 Å². The Hall–Kier alpha value is -1.43. The summed E-state index contributed by atoms with van der Waals surface area (Å²) in [6.07, 6.45) is 5.32. The first kappa shape index (κ1) is 7.67. The van der Waals surface area contributed by atoms with E-state index in [9.17, 15) is 4.79 Å². The molecule has 11 heavy (non-hydrogen) atoms. The molecule has 3 nitrogen and oxygen atoms in total. The fraction of sp³-hybridized carbons (Fsp3) is 0.375. The minimum atomic E-state index is -0.390. The number of amides is 1. The summed E-state index contributed by atoms with van der Waals surface area (Å²) in [6.45, 7) is 4.46. The third-order valence-corrected chi connectivity index (χ3v) is 1.43. The molecular weight excluding hydrogens is 142 g/mol. The van der Waals surface area contributed by atoms with Gasteiger partial charge in [-0.25, -0.2) is 4.79 Å². The van der Waals surface area contributed by atoms with E-state index in [1.807, 2.05) is 0 Å². The molecule has 3 heteroatoms. The topological polar surface area (TPSA) is 29.5 Å². The fourth-order valence-corrected chi connectivity index (χ4v) is 0.844. The van der Waals surface area contributed by atoms with Crippen molar-refractivity contribution < 1.29 is 9.53 Å². The van der Waals surface area contributed by atoms with Gasteiger partial charge in [0.1, 0.15) is 5.76 Å². The Morgan fingerprint density at radius 3 is 3.09 bits per heavy atom. The van der Waals surface area contributed by atoms with Crippen molar-refractivity contribution in [3.8, 4) is 12.3 Å². The summed E-state index contributed by atoms with van der Waals surface area (Å²) in [6, 6.07) is 0. The van der Waals surface area contributed by atoms with Crippen molar-refractivity contribution >= 4 is 6.09 Å². The van der Waals surface area contributed by atoms with Gasteiger partial charge in [-0.2, -0.15) is 0 Å². The molecule has 1 saturated heterocycles. The number of terminal acetylenes is 1. The van der Waals surface area contributed by atoms with Gasteiger partial charge in [-0.15, -0.1) is 6.42 Å². The van der Waals surface area contributed by atoms with E-state index < -0.39 is 0 Å². The van der Waals surface area contributed by atoms with Crippen molar-refractivity contribution in [3.63, 3.8) is 0 Å². The van der Waals surface area contributed by atoms with Crippen molar-refractivity contribution in [1.29, 1.82) is 0 Å². The van der Waals surface area contributed by atoms with Crippen molar-refractivity contribution in [2.75, 3.05) is 13.1 Å². The van der Waals surface area contributed by atoms with Gasteiger partial charge in [-0.05, 0) is 0 Å². The summed E-state index contributed by atoms with van der Waals surface area (Å²) in [5.41, 5.74) is 0. The Labute approximate surface area is 65.6 Å². The molecule has 0 N–H and O–H groups in total. The van der Waals surface area contributed by atoms with Crippen LogP contribution in [0.1, 0.15) is 6.42 Å². The van der Waals surface area contributed by atoms with E-state index in [0.29, 0.717) is 25.3 Å². The number of hydrogen-bond donors (Lipinski definition) is 0. The van der Waals surface area contributed by atoms with Gasteiger partial charge in [-0.1, -0.05) is 12.5 Å². The second-order valence-corrected chi connectivity index (χ2v) is 2.28. The van der Waals surface area contributed by atoms with Gasteiger partial charge in [0.05, 0.1) is 6.54 Å². The van der Waals surface area contributed by atoms with Crippen LogP contribution in [0, 0.1) is 12.3 Å². The molecule has 1 rings (SSSR count). The average molecular weight is 151 g/mol. The molecule has 0 atom stereocenters. The largest absolute Gasteiger partial charge is 0.415 e. The minimum Gasteiger partial charge on any atom is -0.415 e. The molecule has 0 aromatic carbocycles. The number of nitrogens with zero attached hydrogens (tertiary/aromatic N) is 1. The predicted octanol–water partition coefficient (Wildman–Crippen LogP) is 0.976. The molecule has 0 aliphatic carbocycles. The van der Waals surface area contributed by atoms with Crippen LogP contribution in [-0.4, -0.2) is 24.1 Å². The van der Waals surface area contributed by atoms with Gasteiger partial charge in [0.2, 0.25) is 0 Å². The zero-order valence-corrected chi connectivity index (χ0v) is 6.17. The Kier molecular flexibility index (Phi) is 2.17. The summed E-state index contributed by atoms with van der Waals surface area (Å²) in [4.78, 5) is 12.4. The lowest BCUT2D eigenvalue weighted by atomic mass is 10.3.